The summed E-state index contributed by atoms with van der Waals surface area (Å²) in [5.41, 5.74) is -0.212. The molecule has 1 amide bonds. The molecule has 0 radical (unpaired) electrons. The first-order valence-corrected chi connectivity index (χ1v) is 7.96. The molecule has 0 aromatic heterocycles. The summed E-state index contributed by atoms with van der Waals surface area (Å²) < 4.78 is 5.46. The second-order valence-corrected chi connectivity index (χ2v) is 6.82. The lowest BCUT2D eigenvalue weighted by molar-refractivity contribution is -0.384. The third-order valence-electron chi connectivity index (χ3n) is 3.17. The first kappa shape index (κ1) is 20.9. The number of halogens is 1. The first-order valence-electron chi connectivity index (χ1n) is 7.58. The number of benzene rings is 1. The monoisotopic (exact) mass is 372 g/mol. The molecule has 0 aliphatic carbocycles. The van der Waals surface area contributed by atoms with Crippen LogP contribution in [0.25, 0.3) is 0 Å². The van der Waals surface area contributed by atoms with E-state index in [1.807, 2.05) is 20.8 Å². The van der Waals surface area contributed by atoms with Crippen LogP contribution in [0.5, 0.6) is 0 Å². The fourth-order valence-electron chi connectivity index (χ4n) is 1.95. The smallest absolute Gasteiger partial charge is 0.326 e. The minimum absolute atomic E-state index is 0.0762. The van der Waals surface area contributed by atoms with E-state index in [1.165, 1.54) is 12.1 Å². The van der Waals surface area contributed by atoms with Gasteiger partial charge in [0.15, 0.2) is 0 Å². The Labute approximate surface area is 150 Å². The Bertz CT molecular complexity index is 657. The van der Waals surface area contributed by atoms with E-state index in [0.29, 0.717) is 5.56 Å². The summed E-state index contributed by atoms with van der Waals surface area (Å²) in [6.45, 7) is 5.72. The van der Waals surface area contributed by atoms with Crippen LogP contribution in [0.1, 0.15) is 32.8 Å². The van der Waals surface area contributed by atoms with E-state index < -0.39 is 28.4 Å². The summed E-state index contributed by atoms with van der Waals surface area (Å²) in [7, 11) is 0. The molecule has 25 heavy (non-hydrogen) atoms. The van der Waals surface area contributed by atoms with Crippen molar-refractivity contribution in [2.24, 2.45) is 0 Å². The molecule has 1 rings (SSSR count). The molecule has 1 atom stereocenters. The van der Waals surface area contributed by atoms with Gasteiger partial charge in [-0.15, -0.1) is 0 Å². The lowest BCUT2D eigenvalue weighted by atomic mass is 10.1. The van der Waals surface area contributed by atoms with Crippen LogP contribution >= 0.6 is 11.6 Å². The summed E-state index contributed by atoms with van der Waals surface area (Å²) in [5, 5.41) is 22.3. The number of nitro groups is 1. The maximum absolute atomic E-state index is 12.1. The minimum atomic E-state index is -1.17. The lowest BCUT2D eigenvalue weighted by Crippen LogP contribution is -2.42. The number of hydrogen-bond donors (Lipinski definition) is 2. The number of nitrogens with one attached hydrogen (secondary N) is 1. The number of nitrogens with zero attached hydrogens (tertiary/aromatic N) is 1. The Hall–Kier alpha value is -2.19. The average Bonchev–Trinajstić information content (AvgIpc) is 2.46. The summed E-state index contributed by atoms with van der Waals surface area (Å²) in [6, 6.07) is 2.67. The fourth-order valence-corrected chi connectivity index (χ4v) is 2.19. The number of rotatable bonds is 8. The maximum Gasteiger partial charge on any atom is 0.326 e. The van der Waals surface area contributed by atoms with Crippen molar-refractivity contribution in [3.8, 4) is 0 Å². The van der Waals surface area contributed by atoms with E-state index in [-0.39, 0.29) is 30.2 Å². The van der Waals surface area contributed by atoms with Gasteiger partial charge < -0.3 is 15.2 Å². The Kier molecular flexibility index (Phi) is 7.32. The van der Waals surface area contributed by atoms with Gasteiger partial charge in [0.2, 0.25) is 5.91 Å². The minimum Gasteiger partial charge on any atom is -0.480 e. The van der Waals surface area contributed by atoms with E-state index in [9.17, 15) is 24.8 Å². The molecular weight excluding hydrogens is 352 g/mol. The molecule has 9 heteroatoms. The number of aliphatic carboxylic acids is 1. The van der Waals surface area contributed by atoms with Gasteiger partial charge in [0.05, 0.1) is 22.0 Å². The van der Waals surface area contributed by atoms with Crippen molar-refractivity contribution in [2.75, 3.05) is 6.61 Å². The third kappa shape index (κ3) is 7.49. The van der Waals surface area contributed by atoms with Gasteiger partial charge >= 0.3 is 5.97 Å². The van der Waals surface area contributed by atoms with Crippen molar-refractivity contribution in [1.29, 1.82) is 0 Å². The van der Waals surface area contributed by atoms with Crippen LogP contribution in [0.4, 0.5) is 5.69 Å². The predicted octanol–water partition coefficient (Wildman–Crippen LogP) is 2.57. The molecule has 0 fully saturated rings. The molecule has 8 nitrogen and oxygen atoms in total. The zero-order valence-corrected chi connectivity index (χ0v) is 15.0. The quantitative estimate of drug-likeness (QED) is 0.534. The van der Waals surface area contributed by atoms with Crippen LogP contribution in [0.15, 0.2) is 18.2 Å². The highest BCUT2D eigenvalue weighted by atomic mass is 35.5. The largest absolute Gasteiger partial charge is 0.480 e. The molecule has 2 N–H and O–H groups in total. The van der Waals surface area contributed by atoms with Crippen molar-refractivity contribution in [2.45, 2.75) is 45.3 Å². The molecule has 138 valence electrons. The Morgan fingerprint density at radius 2 is 2.04 bits per heavy atom. The zero-order valence-electron chi connectivity index (χ0n) is 14.2. The van der Waals surface area contributed by atoms with Gasteiger partial charge in [0.25, 0.3) is 5.69 Å². The van der Waals surface area contributed by atoms with Crippen molar-refractivity contribution >= 4 is 29.2 Å². The number of non-ortho nitro benzene ring substituents is 1. The van der Waals surface area contributed by atoms with Gasteiger partial charge in [-0.3, -0.25) is 14.9 Å². The number of ether oxygens (including phenoxy) is 1. The van der Waals surface area contributed by atoms with Crippen LogP contribution in [-0.2, 0) is 20.7 Å². The molecule has 0 spiro atoms. The normalized spacial score (nSPS) is 12.5. The first-order chi connectivity index (χ1) is 11.5. The van der Waals surface area contributed by atoms with Gasteiger partial charge in [-0.05, 0) is 26.3 Å². The molecule has 0 saturated heterocycles. The fraction of sp³-hybridized carbons (Fsp3) is 0.500. The van der Waals surface area contributed by atoms with E-state index in [4.69, 9.17) is 16.3 Å². The van der Waals surface area contributed by atoms with Crippen LogP contribution < -0.4 is 5.32 Å². The molecule has 0 saturated carbocycles. The SMILES string of the molecule is CC(C)(C)OCCC(NC(=O)Cc1ccc([N+](=O)[O-])cc1Cl)C(=O)O. The Morgan fingerprint density at radius 3 is 2.52 bits per heavy atom. The molecule has 0 aliphatic heterocycles. The number of carboxylic acid groups (broad SMARTS) is 1. The average molecular weight is 373 g/mol. The van der Waals surface area contributed by atoms with Gasteiger partial charge in [-0.1, -0.05) is 17.7 Å². The predicted molar refractivity (Wildman–Crippen MR) is 91.7 cm³/mol. The van der Waals surface area contributed by atoms with Gasteiger partial charge in [-0.25, -0.2) is 4.79 Å². The summed E-state index contributed by atoms with van der Waals surface area (Å²) in [4.78, 5) is 33.4. The molecule has 1 aromatic carbocycles. The Balaban J connectivity index is 2.66. The zero-order chi connectivity index (χ0) is 19.2. The summed E-state index contributed by atoms with van der Waals surface area (Å²) in [6.07, 6.45) is -0.0624. The highest BCUT2D eigenvalue weighted by molar-refractivity contribution is 6.31. The molecule has 0 heterocycles. The van der Waals surface area contributed by atoms with E-state index in [2.05, 4.69) is 5.32 Å². The van der Waals surface area contributed by atoms with Gasteiger partial charge in [0.1, 0.15) is 6.04 Å². The Morgan fingerprint density at radius 1 is 1.40 bits per heavy atom. The topological polar surface area (TPSA) is 119 Å². The van der Waals surface area contributed by atoms with Crippen molar-refractivity contribution in [1.82, 2.24) is 5.32 Å². The number of amides is 1. The van der Waals surface area contributed by atoms with Crippen LogP contribution in [0.3, 0.4) is 0 Å². The molecule has 1 aromatic rings. The molecule has 0 aliphatic rings. The lowest BCUT2D eigenvalue weighted by Gasteiger charge is -2.21. The molecule has 1 unspecified atom stereocenters. The number of carboxylic acids is 1. The molecule has 0 bridgehead atoms. The number of hydrogen-bond acceptors (Lipinski definition) is 5. The van der Waals surface area contributed by atoms with Crippen LogP contribution in [0.2, 0.25) is 5.02 Å². The van der Waals surface area contributed by atoms with Gasteiger partial charge in [0, 0.05) is 25.2 Å². The maximum atomic E-state index is 12.1. The number of nitro benzene ring substituents is 1. The summed E-state index contributed by atoms with van der Waals surface area (Å²) in [5.74, 6) is -1.71. The second kappa shape index (κ2) is 8.77. The van der Waals surface area contributed by atoms with Crippen molar-refractivity contribution in [3.05, 3.63) is 38.9 Å². The van der Waals surface area contributed by atoms with Crippen LogP contribution in [0, 0.1) is 10.1 Å². The third-order valence-corrected chi connectivity index (χ3v) is 3.53. The van der Waals surface area contributed by atoms with Crippen LogP contribution in [-0.4, -0.2) is 40.2 Å². The van der Waals surface area contributed by atoms with Crippen molar-refractivity contribution in [3.63, 3.8) is 0 Å². The van der Waals surface area contributed by atoms with E-state index in [0.717, 1.165) is 6.07 Å². The standard InChI is InChI=1S/C16H21ClN2O6/c1-16(2,3)25-7-6-13(15(21)22)18-14(20)8-10-4-5-11(19(23)24)9-12(10)17/h4-5,9,13H,6-8H2,1-3H3,(H,18,20)(H,21,22). The number of carbonyl (C=O) groups is 2. The summed E-state index contributed by atoms with van der Waals surface area (Å²) >= 11 is 5.93. The second-order valence-electron chi connectivity index (χ2n) is 6.42. The van der Waals surface area contributed by atoms with E-state index >= 15 is 0 Å². The molecular formula is C16H21ClN2O6. The highest BCUT2D eigenvalue weighted by Gasteiger charge is 2.22. The van der Waals surface area contributed by atoms with E-state index in [1.54, 1.807) is 0 Å². The number of carbonyl (C=O) groups excluding carboxylic acids is 1. The highest BCUT2D eigenvalue weighted by Crippen LogP contribution is 2.22. The van der Waals surface area contributed by atoms with Gasteiger partial charge in [-0.2, -0.15) is 0 Å². The van der Waals surface area contributed by atoms with Crippen molar-refractivity contribution < 1.29 is 24.4 Å².